The van der Waals surface area contributed by atoms with Gasteiger partial charge in [0.25, 0.3) is 5.91 Å². The van der Waals surface area contributed by atoms with Crippen LogP contribution in [0.3, 0.4) is 0 Å². The Kier molecular flexibility index (Phi) is 8.20. The van der Waals surface area contributed by atoms with E-state index in [4.69, 9.17) is 21.3 Å². The minimum absolute atomic E-state index is 0.199. The molecular weight excluding hydrogens is 523 g/mol. The highest BCUT2D eigenvalue weighted by Gasteiger charge is 2.30. The third-order valence-electron chi connectivity index (χ3n) is 7.32. The molecule has 2 aromatic carbocycles. The first-order valence-electron chi connectivity index (χ1n) is 13.0. The van der Waals surface area contributed by atoms with E-state index < -0.39 is 24.4 Å². The van der Waals surface area contributed by atoms with Crippen LogP contribution in [-0.4, -0.2) is 58.2 Å². The summed E-state index contributed by atoms with van der Waals surface area (Å²) in [6, 6.07) is 9.35. The molecule has 204 valence electrons. The van der Waals surface area contributed by atoms with Gasteiger partial charge in [0.1, 0.15) is 18.2 Å². The van der Waals surface area contributed by atoms with Crippen LogP contribution in [0.1, 0.15) is 51.8 Å². The molecule has 1 atom stereocenters. The summed E-state index contributed by atoms with van der Waals surface area (Å²) in [5, 5.41) is 12.8. The first-order chi connectivity index (χ1) is 18.8. The molecule has 0 saturated carbocycles. The number of ether oxygens (including phenoxy) is 1. The van der Waals surface area contributed by atoms with Crippen LogP contribution < -0.4 is 5.32 Å². The molecule has 0 radical (unpaired) electrons. The average Bonchev–Trinajstić information content (AvgIpc) is 3.24. The molecule has 1 saturated heterocycles. The molecule has 10 heteroatoms. The number of rotatable bonds is 8. The second-order valence-electron chi connectivity index (χ2n) is 10.1. The Bertz CT molecular complexity index is 1400. The number of halogens is 2. The average molecular weight is 553 g/mol. The van der Waals surface area contributed by atoms with Crippen LogP contribution in [0, 0.1) is 18.7 Å². The van der Waals surface area contributed by atoms with E-state index in [-0.39, 0.29) is 24.6 Å². The molecule has 2 aliphatic heterocycles. The predicted molar refractivity (Wildman–Crippen MR) is 144 cm³/mol. The molecule has 2 amide bonds. The fraction of sp³-hybridized carbons (Fsp3) is 0.379. The molecule has 0 spiro atoms. The fourth-order valence-electron chi connectivity index (χ4n) is 5.12. The van der Waals surface area contributed by atoms with Gasteiger partial charge in [0.05, 0.1) is 23.4 Å². The van der Waals surface area contributed by atoms with Gasteiger partial charge >= 0.3 is 0 Å². The maximum atomic E-state index is 14.5. The number of aromatic nitrogens is 2. The molecule has 3 heterocycles. The maximum Gasteiger partial charge on any atom is 0.254 e. The van der Waals surface area contributed by atoms with Crippen molar-refractivity contribution in [2.24, 2.45) is 5.92 Å². The number of nitrogens with zero attached hydrogens (tertiary/aromatic N) is 3. The van der Waals surface area contributed by atoms with Crippen molar-refractivity contribution in [2.75, 3.05) is 26.4 Å². The lowest BCUT2D eigenvalue weighted by molar-refractivity contribution is -0.122. The van der Waals surface area contributed by atoms with Crippen molar-refractivity contribution in [2.45, 2.75) is 38.8 Å². The number of aliphatic hydroxyl groups is 1. The first kappa shape index (κ1) is 27.2. The van der Waals surface area contributed by atoms with Crippen molar-refractivity contribution >= 4 is 23.4 Å². The third-order valence-corrected chi connectivity index (χ3v) is 7.59. The van der Waals surface area contributed by atoms with Crippen LogP contribution in [-0.2, 0) is 22.5 Å². The molecule has 3 aromatic rings. The SMILES string of the molecule is Cc1cccc([C@@H](CO)NC(=O)CN2Cc3ccc(-c4nc(CC5CCOCC5)ncc4Cl)cc3C2=O)c1F. The number of amides is 2. The highest BCUT2D eigenvalue weighted by atomic mass is 35.5. The second-order valence-corrected chi connectivity index (χ2v) is 10.5. The van der Waals surface area contributed by atoms with Crippen LogP contribution in [0.15, 0.2) is 42.6 Å². The van der Waals surface area contributed by atoms with E-state index in [1.807, 2.05) is 12.1 Å². The molecule has 0 aliphatic carbocycles. The Morgan fingerprint density at radius 1 is 1.28 bits per heavy atom. The van der Waals surface area contributed by atoms with Gasteiger partial charge in [-0.3, -0.25) is 9.59 Å². The summed E-state index contributed by atoms with van der Waals surface area (Å²) in [4.78, 5) is 36.5. The number of aliphatic hydroxyl groups excluding tert-OH is 1. The molecule has 1 aromatic heterocycles. The molecule has 8 nitrogen and oxygen atoms in total. The summed E-state index contributed by atoms with van der Waals surface area (Å²) in [5.41, 5.74) is 3.14. The molecule has 0 unspecified atom stereocenters. The van der Waals surface area contributed by atoms with Gasteiger partial charge in [-0.2, -0.15) is 0 Å². The minimum Gasteiger partial charge on any atom is -0.394 e. The Morgan fingerprint density at radius 3 is 2.85 bits per heavy atom. The normalized spacial score (nSPS) is 16.3. The molecule has 2 aliphatic rings. The van der Waals surface area contributed by atoms with Gasteiger partial charge < -0.3 is 20.1 Å². The topological polar surface area (TPSA) is 105 Å². The van der Waals surface area contributed by atoms with E-state index in [9.17, 15) is 19.1 Å². The van der Waals surface area contributed by atoms with Gasteiger partial charge in [0.15, 0.2) is 0 Å². The Labute approximate surface area is 231 Å². The number of benzene rings is 2. The Balaban J connectivity index is 1.28. The zero-order chi connectivity index (χ0) is 27.5. The molecule has 0 bridgehead atoms. The van der Waals surface area contributed by atoms with E-state index in [1.165, 1.54) is 11.0 Å². The molecule has 2 N–H and O–H groups in total. The number of aryl methyl sites for hydroxylation is 1. The fourth-order valence-corrected chi connectivity index (χ4v) is 5.32. The van der Waals surface area contributed by atoms with Crippen LogP contribution in [0.4, 0.5) is 4.39 Å². The number of carbonyl (C=O) groups is 2. The smallest absolute Gasteiger partial charge is 0.254 e. The molecule has 39 heavy (non-hydrogen) atoms. The quantitative estimate of drug-likeness (QED) is 0.437. The highest BCUT2D eigenvalue weighted by molar-refractivity contribution is 6.32. The van der Waals surface area contributed by atoms with Crippen molar-refractivity contribution in [3.05, 3.63) is 81.5 Å². The van der Waals surface area contributed by atoms with Crippen molar-refractivity contribution < 1.29 is 23.8 Å². The lowest BCUT2D eigenvalue weighted by Crippen LogP contribution is -2.40. The summed E-state index contributed by atoms with van der Waals surface area (Å²) in [6.45, 7) is 2.67. The van der Waals surface area contributed by atoms with Crippen LogP contribution >= 0.6 is 11.6 Å². The summed E-state index contributed by atoms with van der Waals surface area (Å²) in [6.07, 6.45) is 4.27. The van der Waals surface area contributed by atoms with Crippen molar-refractivity contribution in [1.29, 1.82) is 0 Å². The van der Waals surface area contributed by atoms with Gasteiger partial charge in [-0.1, -0.05) is 41.9 Å². The summed E-state index contributed by atoms with van der Waals surface area (Å²) >= 11 is 6.45. The molecular formula is C29H30ClFN4O4. The van der Waals surface area contributed by atoms with Gasteiger partial charge in [0, 0.05) is 49.1 Å². The number of fused-ring (bicyclic) bond motifs is 1. The standard InChI is InChI=1S/C29H30ClFN4O4/c1-17-3-2-4-21(27(17)31)24(16-36)33-26(37)15-35-14-20-6-5-19(12-22(20)29(35)38)28-23(30)13-32-25(34-28)11-18-7-9-39-10-8-18/h2-6,12-13,18,24,36H,7-11,14-16H2,1H3,(H,33,37)/t24-/m1/s1. The highest BCUT2D eigenvalue weighted by Crippen LogP contribution is 2.31. The molecule has 5 rings (SSSR count). The van der Waals surface area contributed by atoms with E-state index >= 15 is 0 Å². The second kappa shape index (κ2) is 11.8. The largest absolute Gasteiger partial charge is 0.394 e. The van der Waals surface area contributed by atoms with Gasteiger partial charge in [-0.25, -0.2) is 14.4 Å². The Morgan fingerprint density at radius 2 is 2.08 bits per heavy atom. The number of nitrogens with one attached hydrogen (secondary N) is 1. The lowest BCUT2D eigenvalue weighted by atomic mass is 9.96. The molecule has 1 fully saturated rings. The number of hydrogen-bond donors (Lipinski definition) is 2. The zero-order valence-electron chi connectivity index (χ0n) is 21.6. The predicted octanol–water partition coefficient (Wildman–Crippen LogP) is 4.02. The van der Waals surface area contributed by atoms with E-state index in [2.05, 4.69) is 10.3 Å². The van der Waals surface area contributed by atoms with Crippen molar-refractivity contribution in [1.82, 2.24) is 20.2 Å². The van der Waals surface area contributed by atoms with Gasteiger partial charge in [0.2, 0.25) is 5.91 Å². The minimum atomic E-state index is -0.917. The van der Waals surface area contributed by atoms with E-state index in [0.717, 1.165) is 38.0 Å². The zero-order valence-corrected chi connectivity index (χ0v) is 22.4. The maximum absolute atomic E-state index is 14.5. The summed E-state index contributed by atoms with van der Waals surface area (Å²) in [5.74, 6) is -0.102. The number of carbonyl (C=O) groups excluding carboxylic acids is 2. The summed E-state index contributed by atoms with van der Waals surface area (Å²) in [7, 11) is 0. The van der Waals surface area contributed by atoms with E-state index in [0.29, 0.717) is 39.1 Å². The third kappa shape index (κ3) is 5.95. The monoisotopic (exact) mass is 552 g/mol. The van der Waals surface area contributed by atoms with Crippen molar-refractivity contribution in [3.63, 3.8) is 0 Å². The Hall–Kier alpha value is -3.40. The van der Waals surface area contributed by atoms with Gasteiger partial charge in [-0.05, 0) is 42.9 Å². The van der Waals surface area contributed by atoms with Crippen molar-refractivity contribution in [3.8, 4) is 11.3 Å². The first-order valence-corrected chi connectivity index (χ1v) is 13.4. The lowest BCUT2D eigenvalue weighted by Gasteiger charge is -2.21. The number of hydrogen-bond acceptors (Lipinski definition) is 6. The van der Waals surface area contributed by atoms with Crippen LogP contribution in [0.2, 0.25) is 5.02 Å². The van der Waals surface area contributed by atoms with E-state index in [1.54, 1.807) is 31.3 Å². The van der Waals surface area contributed by atoms with Crippen LogP contribution in [0.5, 0.6) is 0 Å². The van der Waals surface area contributed by atoms with Crippen LogP contribution in [0.25, 0.3) is 11.3 Å². The summed E-state index contributed by atoms with van der Waals surface area (Å²) < 4.78 is 20.0. The van der Waals surface area contributed by atoms with Gasteiger partial charge in [-0.15, -0.1) is 0 Å².